The van der Waals surface area contributed by atoms with Crippen molar-refractivity contribution in [3.63, 3.8) is 0 Å². The molecule has 3 rings (SSSR count). The summed E-state index contributed by atoms with van der Waals surface area (Å²) < 4.78 is 5.05. The van der Waals surface area contributed by atoms with Crippen LogP contribution >= 0.6 is 0 Å². The fraction of sp³-hybridized carbons (Fsp3) is 0.500. The topological polar surface area (TPSA) is 85.8 Å². The van der Waals surface area contributed by atoms with Gasteiger partial charge in [-0.1, -0.05) is 0 Å². The number of ether oxygens (including phenoxy) is 1. The fourth-order valence-electron chi connectivity index (χ4n) is 2.53. The molecular weight excluding hydrogens is 313 g/mol. The Balaban J connectivity index is 0.00000176. The molecule has 2 aliphatic heterocycles. The SMILES string of the molecule is O=C([O-])c1cncc(N2CCN(C(=O)C3COC3)CC2)c1.[K+]. The van der Waals surface area contributed by atoms with E-state index in [-0.39, 0.29) is 68.8 Å². The standard InChI is InChI=1S/C14H17N3O4.K/c18-13(11-8-21-9-11)17-3-1-16(2-4-17)12-5-10(14(19)20)6-15-7-12;/h5-7,11H,1-4,8-9H2,(H,19,20);/q;+1/p-1. The van der Waals surface area contributed by atoms with Crippen LogP contribution in [-0.2, 0) is 9.53 Å². The van der Waals surface area contributed by atoms with Crippen molar-refractivity contribution in [2.45, 2.75) is 0 Å². The molecule has 2 aliphatic rings. The van der Waals surface area contributed by atoms with Crippen LogP contribution in [0.15, 0.2) is 18.5 Å². The monoisotopic (exact) mass is 329 g/mol. The number of carbonyl (C=O) groups is 2. The number of aromatic nitrogens is 1. The van der Waals surface area contributed by atoms with Crippen molar-refractivity contribution in [3.05, 3.63) is 24.0 Å². The van der Waals surface area contributed by atoms with Crippen LogP contribution in [-0.4, -0.2) is 61.2 Å². The Morgan fingerprint density at radius 2 is 1.86 bits per heavy atom. The maximum Gasteiger partial charge on any atom is 1.00 e. The van der Waals surface area contributed by atoms with Gasteiger partial charge in [-0.2, -0.15) is 0 Å². The van der Waals surface area contributed by atoms with Crippen LogP contribution in [0.2, 0.25) is 0 Å². The van der Waals surface area contributed by atoms with E-state index in [0.717, 1.165) is 5.69 Å². The van der Waals surface area contributed by atoms with E-state index in [0.29, 0.717) is 39.4 Å². The van der Waals surface area contributed by atoms with Gasteiger partial charge in [-0.05, 0) is 6.07 Å². The third-order valence-corrected chi connectivity index (χ3v) is 3.90. The molecule has 0 bridgehead atoms. The van der Waals surface area contributed by atoms with Gasteiger partial charge in [0, 0.05) is 37.9 Å². The van der Waals surface area contributed by atoms with Crippen molar-refractivity contribution in [1.29, 1.82) is 0 Å². The number of rotatable bonds is 3. The van der Waals surface area contributed by atoms with Gasteiger partial charge in [0.1, 0.15) is 0 Å². The van der Waals surface area contributed by atoms with Gasteiger partial charge in [0.25, 0.3) is 0 Å². The second-order valence-electron chi connectivity index (χ2n) is 5.27. The van der Waals surface area contributed by atoms with E-state index in [9.17, 15) is 14.7 Å². The van der Waals surface area contributed by atoms with Crippen LogP contribution in [0.5, 0.6) is 0 Å². The first-order valence-electron chi connectivity index (χ1n) is 6.93. The van der Waals surface area contributed by atoms with Gasteiger partial charge in [-0.3, -0.25) is 9.78 Å². The molecule has 0 spiro atoms. The maximum absolute atomic E-state index is 12.1. The Labute approximate surface area is 171 Å². The van der Waals surface area contributed by atoms with E-state index in [2.05, 4.69) is 4.98 Å². The van der Waals surface area contributed by atoms with Crippen LogP contribution < -0.4 is 61.4 Å². The van der Waals surface area contributed by atoms with Crippen molar-refractivity contribution in [3.8, 4) is 0 Å². The molecule has 0 unspecified atom stereocenters. The van der Waals surface area contributed by atoms with Crippen LogP contribution in [0.4, 0.5) is 5.69 Å². The number of nitrogens with zero attached hydrogens (tertiary/aromatic N) is 3. The molecule has 2 saturated heterocycles. The van der Waals surface area contributed by atoms with Crippen LogP contribution in [0.1, 0.15) is 10.4 Å². The molecule has 0 atom stereocenters. The zero-order valence-electron chi connectivity index (χ0n) is 12.5. The number of anilines is 1. The smallest absolute Gasteiger partial charge is 0.545 e. The Bertz CT molecular complexity index is 557. The molecule has 3 heterocycles. The van der Waals surface area contributed by atoms with Gasteiger partial charge in [0.05, 0.1) is 37.0 Å². The van der Waals surface area contributed by atoms with Gasteiger partial charge in [-0.25, -0.2) is 0 Å². The van der Waals surface area contributed by atoms with Crippen molar-refractivity contribution < 1.29 is 70.8 Å². The molecule has 112 valence electrons. The summed E-state index contributed by atoms with van der Waals surface area (Å²) in [5, 5.41) is 10.9. The Morgan fingerprint density at radius 1 is 1.18 bits per heavy atom. The number of hydrogen-bond donors (Lipinski definition) is 0. The van der Waals surface area contributed by atoms with Crippen molar-refractivity contribution in [2.24, 2.45) is 5.92 Å². The van der Waals surface area contributed by atoms with E-state index in [1.54, 1.807) is 12.3 Å². The van der Waals surface area contributed by atoms with Crippen LogP contribution in [0.25, 0.3) is 0 Å². The normalized spacial score (nSPS) is 18.4. The predicted molar refractivity (Wildman–Crippen MR) is 71.7 cm³/mol. The molecule has 7 nitrogen and oxygen atoms in total. The van der Waals surface area contributed by atoms with Crippen molar-refractivity contribution in [2.75, 3.05) is 44.3 Å². The van der Waals surface area contributed by atoms with Gasteiger partial charge in [-0.15, -0.1) is 0 Å². The Kier molecular flexibility index (Phi) is 6.36. The first kappa shape index (κ1) is 17.8. The Hall–Kier alpha value is -0.514. The minimum atomic E-state index is -1.23. The van der Waals surface area contributed by atoms with Crippen LogP contribution in [0, 0.1) is 5.92 Å². The second kappa shape index (κ2) is 7.85. The molecular formula is C14H16KN3O4. The van der Waals surface area contributed by atoms with E-state index in [1.165, 1.54) is 6.20 Å². The predicted octanol–water partition coefficient (Wildman–Crippen LogP) is -4.26. The van der Waals surface area contributed by atoms with Gasteiger partial charge in [0.15, 0.2) is 0 Å². The average molecular weight is 329 g/mol. The summed E-state index contributed by atoms with van der Waals surface area (Å²) in [6, 6.07) is 1.56. The number of hydrogen-bond acceptors (Lipinski definition) is 6. The number of amides is 1. The van der Waals surface area contributed by atoms with Crippen LogP contribution in [0.3, 0.4) is 0 Å². The number of carboxylic acid groups (broad SMARTS) is 1. The summed E-state index contributed by atoms with van der Waals surface area (Å²) >= 11 is 0. The summed E-state index contributed by atoms with van der Waals surface area (Å²) in [6.07, 6.45) is 2.90. The average Bonchev–Trinajstić information content (AvgIpc) is 2.46. The number of carbonyl (C=O) groups excluding carboxylic acids is 2. The summed E-state index contributed by atoms with van der Waals surface area (Å²) in [4.78, 5) is 30.8. The summed E-state index contributed by atoms with van der Waals surface area (Å²) in [5.41, 5.74) is 0.813. The minimum absolute atomic E-state index is 0. The summed E-state index contributed by atoms with van der Waals surface area (Å²) in [6.45, 7) is 3.64. The number of carboxylic acids is 1. The molecule has 0 aromatic carbocycles. The molecule has 1 amide bonds. The van der Waals surface area contributed by atoms with Crippen molar-refractivity contribution in [1.82, 2.24) is 9.88 Å². The van der Waals surface area contributed by atoms with E-state index >= 15 is 0 Å². The molecule has 22 heavy (non-hydrogen) atoms. The maximum atomic E-state index is 12.1. The molecule has 0 aliphatic carbocycles. The zero-order valence-corrected chi connectivity index (χ0v) is 15.6. The van der Waals surface area contributed by atoms with Crippen molar-refractivity contribution >= 4 is 17.6 Å². The van der Waals surface area contributed by atoms with Gasteiger partial charge < -0.3 is 24.4 Å². The minimum Gasteiger partial charge on any atom is -0.545 e. The molecule has 2 fully saturated rings. The number of piperazine rings is 1. The Morgan fingerprint density at radius 3 is 2.41 bits per heavy atom. The third-order valence-electron chi connectivity index (χ3n) is 3.90. The second-order valence-corrected chi connectivity index (χ2v) is 5.27. The molecule has 0 saturated carbocycles. The quantitative estimate of drug-likeness (QED) is 0.522. The van der Waals surface area contributed by atoms with E-state index < -0.39 is 5.97 Å². The third kappa shape index (κ3) is 3.87. The van der Waals surface area contributed by atoms with Gasteiger partial charge >= 0.3 is 51.4 Å². The summed E-state index contributed by atoms with van der Waals surface area (Å²) in [5.74, 6) is -1.06. The first-order chi connectivity index (χ1) is 10.1. The van der Waals surface area contributed by atoms with E-state index in [4.69, 9.17) is 4.74 Å². The molecule has 8 heteroatoms. The fourth-order valence-corrected chi connectivity index (χ4v) is 2.53. The largest absolute Gasteiger partial charge is 1.00 e. The number of aromatic carboxylic acids is 1. The zero-order chi connectivity index (χ0) is 14.8. The summed E-state index contributed by atoms with van der Waals surface area (Å²) in [7, 11) is 0. The first-order valence-corrected chi connectivity index (χ1v) is 6.93. The van der Waals surface area contributed by atoms with E-state index in [1.807, 2.05) is 9.80 Å². The molecule has 0 radical (unpaired) electrons. The molecule has 1 aromatic heterocycles. The van der Waals surface area contributed by atoms with Gasteiger partial charge in [0.2, 0.25) is 5.91 Å². The molecule has 1 aromatic rings. The number of pyridine rings is 1. The molecule has 0 N–H and O–H groups in total.